The highest BCUT2D eigenvalue weighted by atomic mass is 16.4. The Hall–Kier alpha value is -1.32. The molecule has 2 saturated carbocycles. The van der Waals surface area contributed by atoms with Crippen molar-refractivity contribution in [2.24, 2.45) is 17.8 Å². The molecule has 0 aromatic rings. The zero-order chi connectivity index (χ0) is 13.8. The van der Waals surface area contributed by atoms with Gasteiger partial charge in [-0.2, -0.15) is 0 Å². The van der Waals surface area contributed by atoms with Crippen molar-refractivity contribution < 1.29 is 14.7 Å². The summed E-state index contributed by atoms with van der Waals surface area (Å²) in [6, 6.07) is -0.790. The third kappa shape index (κ3) is 3.58. The van der Waals surface area contributed by atoms with Gasteiger partial charge in [0.2, 0.25) is 5.91 Å². The number of hydrogen-bond donors (Lipinski definition) is 2. The van der Waals surface area contributed by atoms with Gasteiger partial charge in [0, 0.05) is 6.42 Å². The number of carbonyl (C=O) groups excluding carboxylic acids is 1. The number of hydrogen-bond acceptors (Lipinski definition) is 2. The second kappa shape index (κ2) is 6.22. The van der Waals surface area contributed by atoms with E-state index in [1.807, 2.05) is 6.92 Å². The molecule has 19 heavy (non-hydrogen) atoms. The Labute approximate surface area is 114 Å². The zero-order valence-electron chi connectivity index (χ0n) is 11.5. The summed E-state index contributed by atoms with van der Waals surface area (Å²) in [5.41, 5.74) is 0. The van der Waals surface area contributed by atoms with Crippen molar-refractivity contribution in [1.29, 1.82) is 0 Å². The van der Waals surface area contributed by atoms with Crippen LogP contribution in [-0.2, 0) is 9.59 Å². The van der Waals surface area contributed by atoms with Crippen molar-refractivity contribution in [1.82, 2.24) is 5.32 Å². The molecule has 2 aliphatic rings. The molecule has 0 spiro atoms. The number of aliphatic carboxylic acids is 1. The fourth-order valence-electron chi connectivity index (χ4n) is 3.61. The second-order valence-electron chi connectivity index (χ2n) is 5.90. The smallest absolute Gasteiger partial charge is 0.326 e. The molecule has 0 saturated heterocycles. The summed E-state index contributed by atoms with van der Waals surface area (Å²) in [4.78, 5) is 23.0. The van der Waals surface area contributed by atoms with Crippen LogP contribution in [-0.4, -0.2) is 23.0 Å². The molecule has 2 rings (SSSR count). The lowest BCUT2D eigenvalue weighted by atomic mass is 9.86. The lowest BCUT2D eigenvalue weighted by Crippen LogP contribution is -2.41. The van der Waals surface area contributed by atoms with Gasteiger partial charge in [0.15, 0.2) is 0 Å². The minimum atomic E-state index is -0.959. The molecule has 1 amide bonds. The molecule has 0 heterocycles. The first kappa shape index (κ1) is 14.1. The van der Waals surface area contributed by atoms with Gasteiger partial charge in [-0.3, -0.25) is 4.79 Å². The molecule has 0 radical (unpaired) electrons. The van der Waals surface area contributed by atoms with Gasteiger partial charge < -0.3 is 10.4 Å². The van der Waals surface area contributed by atoms with Crippen molar-refractivity contribution in [2.45, 2.75) is 51.5 Å². The number of fused-ring (bicyclic) bond motifs is 2. The first-order chi connectivity index (χ1) is 9.10. The van der Waals surface area contributed by atoms with Crippen LogP contribution in [0.15, 0.2) is 12.2 Å². The van der Waals surface area contributed by atoms with Crippen molar-refractivity contribution in [3.8, 4) is 0 Å². The van der Waals surface area contributed by atoms with Crippen molar-refractivity contribution in [3.05, 3.63) is 12.2 Å². The fraction of sp³-hybridized carbons (Fsp3) is 0.733. The summed E-state index contributed by atoms with van der Waals surface area (Å²) < 4.78 is 0. The Morgan fingerprint density at radius 1 is 1.37 bits per heavy atom. The topological polar surface area (TPSA) is 66.4 Å². The summed E-state index contributed by atoms with van der Waals surface area (Å²) in [6.07, 6.45) is 9.44. The van der Waals surface area contributed by atoms with Gasteiger partial charge in [0.25, 0.3) is 0 Å². The van der Waals surface area contributed by atoms with E-state index in [-0.39, 0.29) is 5.91 Å². The van der Waals surface area contributed by atoms with Gasteiger partial charge >= 0.3 is 5.97 Å². The summed E-state index contributed by atoms with van der Waals surface area (Å²) >= 11 is 0. The summed E-state index contributed by atoms with van der Waals surface area (Å²) in [6.45, 7) is 1.84. The van der Waals surface area contributed by atoms with E-state index in [1.165, 1.54) is 19.3 Å². The minimum absolute atomic E-state index is 0.102. The molecule has 4 unspecified atom stereocenters. The first-order valence-electron chi connectivity index (χ1n) is 7.23. The number of rotatable bonds is 6. The average molecular weight is 265 g/mol. The predicted molar refractivity (Wildman–Crippen MR) is 72.6 cm³/mol. The summed E-state index contributed by atoms with van der Waals surface area (Å²) in [5, 5.41) is 11.7. The monoisotopic (exact) mass is 265 g/mol. The Morgan fingerprint density at radius 2 is 2.16 bits per heavy atom. The van der Waals surface area contributed by atoms with E-state index in [0.717, 1.165) is 12.3 Å². The molecular weight excluding hydrogens is 242 g/mol. The van der Waals surface area contributed by atoms with E-state index in [0.29, 0.717) is 24.7 Å². The lowest BCUT2D eigenvalue weighted by molar-refractivity contribution is -0.141. The van der Waals surface area contributed by atoms with E-state index < -0.39 is 12.0 Å². The van der Waals surface area contributed by atoms with E-state index in [1.54, 1.807) is 12.2 Å². The van der Waals surface area contributed by atoms with Crippen LogP contribution >= 0.6 is 0 Å². The second-order valence-corrected chi connectivity index (χ2v) is 5.90. The van der Waals surface area contributed by atoms with Crippen LogP contribution in [0.1, 0.15) is 45.4 Å². The molecule has 2 N–H and O–H groups in total. The number of carboxylic acid groups (broad SMARTS) is 1. The van der Waals surface area contributed by atoms with Crippen molar-refractivity contribution >= 4 is 11.9 Å². The lowest BCUT2D eigenvalue weighted by Gasteiger charge is -2.22. The molecule has 4 nitrogen and oxygen atoms in total. The Bertz CT molecular complexity index is 378. The van der Waals surface area contributed by atoms with Crippen molar-refractivity contribution in [3.63, 3.8) is 0 Å². The van der Waals surface area contributed by atoms with Crippen LogP contribution in [0.3, 0.4) is 0 Å². The number of amides is 1. The molecule has 0 aliphatic heterocycles. The molecule has 2 fully saturated rings. The maximum atomic E-state index is 12.0. The number of nitrogens with one attached hydrogen (secondary N) is 1. The van der Waals surface area contributed by atoms with Gasteiger partial charge in [-0.1, -0.05) is 18.6 Å². The maximum absolute atomic E-state index is 12.0. The molecule has 0 aromatic heterocycles. The Morgan fingerprint density at radius 3 is 2.68 bits per heavy atom. The zero-order valence-corrected chi connectivity index (χ0v) is 11.5. The number of carbonyl (C=O) groups is 2. The average Bonchev–Trinajstić information content (AvgIpc) is 2.96. The van der Waals surface area contributed by atoms with E-state index in [4.69, 9.17) is 5.11 Å². The molecule has 2 aliphatic carbocycles. The number of allylic oxidation sites excluding steroid dienone is 1. The van der Waals surface area contributed by atoms with Crippen molar-refractivity contribution in [2.75, 3.05) is 0 Å². The van der Waals surface area contributed by atoms with Gasteiger partial charge in [-0.15, -0.1) is 0 Å². The highest BCUT2D eigenvalue weighted by molar-refractivity contribution is 5.83. The van der Waals surface area contributed by atoms with Crippen LogP contribution in [0.4, 0.5) is 0 Å². The molecular formula is C15H23NO3. The predicted octanol–water partition coefficient (Wildman–Crippen LogP) is 2.35. The largest absolute Gasteiger partial charge is 0.480 e. The highest BCUT2D eigenvalue weighted by Gasteiger charge is 2.40. The van der Waals surface area contributed by atoms with Crippen LogP contribution in [0.5, 0.6) is 0 Å². The summed E-state index contributed by atoms with van der Waals surface area (Å²) in [7, 11) is 0. The van der Waals surface area contributed by atoms with Crippen LogP contribution in [0.25, 0.3) is 0 Å². The molecule has 106 valence electrons. The van der Waals surface area contributed by atoms with E-state index >= 15 is 0 Å². The third-order valence-electron chi connectivity index (χ3n) is 4.57. The minimum Gasteiger partial charge on any atom is -0.480 e. The molecule has 0 aromatic carbocycles. The van der Waals surface area contributed by atoms with Gasteiger partial charge in [-0.05, 0) is 50.4 Å². The molecule has 4 atom stereocenters. The first-order valence-corrected chi connectivity index (χ1v) is 7.23. The van der Waals surface area contributed by atoms with Gasteiger partial charge in [0.1, 0.15) is 6.04 Å². The quantitative estimate of drug-likeness (QED) is 0.724. The molecule has 2 bridgehead atoms. The van der Waals surface area contributed by atoms with Gasteiger partial charge in [-0.25, -0.2) is 4.79 Å². The SMILES string of the molecule is C/C=C/CC(NC(=O)CC1CC2CCC1C2)C(=O)O. The fourth-order valence-corrected chi connectivity index (χ4v) is 3.61. The maximum Gasteiger partial charge on any atom is 0.326 e. The van der Waals surface area contributed by atoms with Crippen LogP contribution < -0.4 is 5.32 Å². The molecule has 4 heteroatoms. The normalized spacial score (nSPS) is 30.7. The van der Waals surface area contributed by atoms with E-state index in [2.05, 4.69) is 5.32 Å². The number of carboxylic acids is 1. The third-order valence-corrected chi connectivity index (χ3v) is 4.57. The summed E-state index contributed by atoms with van der Waals surface area (Å²) in [5.74, 6) is 0.944. The Balaban J connectivity index is 1.80. The van der Waals surface area contributed by atoms with Crippen LogP contribution in [0.2, 0.25) is 0 Å². The highest BCUT2D eigenvalue weighted by Crippen LogP contribution is 2.49. The van der Waals surface area contributed by atoms with Gasteiger partial charge in [0.05, 0.1) is 0 Å². The Kier molecular flexibility index (Phi) is 4.61. The standard InChI is InChI=1S/C15H23NO3/c1-2-3-4-13(15(18)19)16-14(17)9-12-8-10-5-6-11(12)7-10/h2-3,10-13H,4-9H2,1H3,(H,16,17)(H,18,19)/b3-2+. The van der Waals surface area contributed by atoms with Crippen LogP contribution in [0, 0.1) is 17.8 Å². The van der Waals surface area contributed by atoms with E-state index in [9.17, 15) is 9.59 Å².